The highest BCUT2D eigenvalue weighted by molar-refractivity contribution is 5.93. The van der Waals surface area contributed by atoms with E-state index in [1.807, 2.05) is 12.1 Å². The van der Waals surface area contributed by atoms with Crippen molar-refractivity contribution in [3.8, 4) is 17.1 Å². The Morgan fingerprint density at radius 2 is 2.04 bits per heavy atom. The molecule has 0 aliphatic heterocycles. The molecule has 1 aromatic carbocycles. The van der Waals surface area contributed by atoms with E-state index in [4.69, 9.17) is 15.2 Å². The Morgan fingerprint density at radius 3 is 2.77 bits per heavy atom. The number of hydrogen-bond donors (Lipinski definition) is 3. The van der Waals surface area contributed by atoms with Crippen LogP contribution in [0.4, 0.5) is 17.2 Å². The van der Waals surface area contributed by atoms with Crippen molar-refractivity contribution in [3.05, 3.63) is 48.2 Å². The molecule has 0 saturated heterocycles. The summed E-state index contributed by atoms with van der Waals surface area (Å²) in [7, 11) is 1.60. The molecule has 3 rings (SSSR count). The molecule has 0 radical (unpaired) electrons. The number of hydrogen-bond acceptors (Lipinski definition) is 7. The minimum atomic E-state index is 0.399. The van der Waals surface area contributed by atoms with Gasteiger partial charge in [0.1, 0.15) is 6.61 Å². The molecule has 2 aromatic heterocycles. The average Bonchev–Trinajstić information content (AvgIpc) is 3.05. The van der Waals surface area contributed by atoms with Gasteiger partial charge in [-0.3, -0.25) is 9.89 Å². The van der Waals surface area contributed by atoms with Gasteiger partial charge in [0, 0.05) is 36.3 Å². The van der Waals surface area contributed by atoms with Crippen LogP contribution in [0, 0.1) is 0 Å². The van der Waals surface area contributed by atoms with Gasteiger partial charge in [-0.15, -0.1) is 0 Å². The molecule has 0 fully saturated rings. The second kappa shape index (κ2) is 8.13. The molecule has 26 heavy (non-hydrogen) atoms. The maximum Gasteiger partial charge on any atom is 0.215 e. The van der Waals surface area contributed by atoms with Gasteiger partial charge >= 0.3 is 0 Å². The minimum Gasteiger partial charge on any atom is -0.475 e. The first-order chi connectivity index (χ1) is 12.7. The molecule has 0 bridgehead atoms. The van der Waals surface area contributed by atoms with Crippen LogP contribution in [0.15, 0.2) is 42.6 Å². The lowest BCUT2D eigenvalue weighted by Gasteiger charge is -2.08. The lowest BCUT2D eigenvalue weighted by molar-refractivity contribution is 0.112. The molecule has 8 nitrogen and oxygen atoms in total. The molecule has 4 N–H and O–H groups in total. The summed E-state index contributed by atoms with van der Waals surface area (Å²) in [4.78, 5) is 15.7. The normalized spacial score (nSPS) is 10.5. The number of nitrogens with two attached hydrogens (primary N) is 1. The van der Waals surface area contributed by atoms with E-state index in [0.29, 0.717) is 47.5 Å². The van der Waals surface area contributed by atoms with E-state index in [1.54, 1.807) is 37.6 Å². The highest BCUT2D eigenvalue weighted by Crippen LogP contribution is 2.28. The number of aromatic nitrogens is 3. The first-order valence-corrected chi connectivity index (χ1v) is 7.95. The molecular weight excluding hydrogens is 334 g/mol. The lowest BCUT2D eigenvalue weighted by Crippen LogP contribution is -2.05. The van der Waals surface area contributed by atoms with E-state index < -0.39 is 0 Å². The zero-order valence-corrected chi connectivity index (χ0v) is 14.2. The summed E-state index contributed by atoms with van der Waals surface area (Å²) in [6.45, 7) is 0.870. The number of carbonyl (C=O) groups excluding carboxylic acids is 1. The van der Waals surface area contributed by atoms with Gasteiger partial charge in [-0.05, 0) is 18.2 Å². The third kappa shape index (κ3) is 3.98. The summed E-state index contributed by atoms with van der Waals surface area (Å²) in [5.41, 5.74) is 8.92. The quantitative estimate of drug-likeness (QED) is 0.324. The fraction of sp³-hybridized carbons (Fsp3) is 0.167. The van der Waals surface area contributed by atoms with Gasteiger partial charge < -0.3 is 20.5 Å². The Kier molecular flexibility index (Phi) is 5.45. The Morgan fingerprint density at radius 1 is 1.23 bits per heavy atom. The second-order valence-corrected chi connectivity index (χ2v) is 5.45. The first kappa shape index (κ1) is 17.4. The van der Waals surface area contributed by atoms with E-state index in [-0.39, 0.29) is 0 Å². The Hall–Kier alpha value is -3.39. The van der Waals surface area contributed by atoms with Crippen LogP contribution in [0.25, 0.3) is 11.3 Å². The number of aromatic amines is 1. The fourth-order valence-electron chi connectivity index (χ4n) is 2.36. The van der Waals surface area contributed by atoms with Crippen molar-refractivity contribution in [2.24, 2.45) is 0 Å². The molecule has 134 valence electrons. The van der Waals surface area contributed by atoms with Crippen molar-refractivity contribution in [2.75, 3.05) is 31.4 Å². The summed E-state index contributed by atoms with van der Waals surface area (Å²) in [5.74, 6) is 0.870. The second-order valence-electron chi connectivity index (χ2n) is 5.45. The number of nitrogens with one attached hydrogen (secondary N) is 2. The lowest BCUT2D eigenvalue weighted by atomic mass is 10.1. The minimum absolute atomic E-state index is 0.399. The number of nitrogen functional groups attached to an aromatic ring is 1. The molecule has 0 atom stereocenters. The molecular formula is C18H19N5O3. The van der Waals surface area contributed by atoms with Crippen molar-refractivity contribution in [1.82, 2.24) is 15.2 Å². The first-order valence-electron chi connectivity index (χ1n) is 7.95. The zero-order valence-electron chi connectivity index (χ0n) is 14.2. The van der Waals surface area contributed by atoms with Crippen LogP contribution in [0.2, 0.25) is 0 Å². The van der Waals surface area contributed by atoms with E-state index >= 15 is 0 Å². The molecule has 0 amide bonds. The van der Waals surface area contributed by atoms with Crippen LogP contribution < -0.4 is 15.8 Å². The number of methoxy groups -OCH3 is 1. The molecule has 0 saturated carbocycles. The van der Waals surface area contributed by atoms with Crippen molar-refractivity contribution in [2.45, 2.75) is 0 Å². The Bertz CT molecular complexity index is 877. The van der Waals surface area contributed by atoms with Crippen molar-refractivity contribution in [3.63, 3.8) is 0 Å². The van der Waals surface area contributed by atoms with E-state index in [9.17, 15) is 4.79 Å². The molecule has 2 heterocycles. The largest absolute Gasteiger partial charge is 0.475 e. The zero-order chi connectivity index (χ0) is 18.4. The number of carbonyl (C=O) groups is 1. The number of anilines is 3. The van der Waals surface area contributed by atoms with Gasteiger partial charge in [-0.1, -0.05) is 12.1 Å². The SMILES string of the molecule is COCCOc1cc(Nc2n[nH]c(-c3ccc(N)cc3)c2C=O)ccn1. The van der Waals surface area contributed by atoms with Gasteiger partial charge in [0.15, 0.2) is 12.1 Å². The molecule has 3 aromatic rings. The van der Waals surface area contributed by atoms with Gasteiger partial charge in [0.05, 0.1) is 17.9 Å². The number of pyridine rings is 1. The summed E-state index contributed by atoms with van der Waals surface area (Å²) in [5, 5.41) is 10.2. The molecule has 0 aliphatic carbocycles. The smallest absolute Gasteiger partial charge is 0.215 e. The number of H-pyrrole nitrogens is 1. The monoisotopic (exact) mass is 353 g/mol. The summed E-state index contributed by atoms with van der Waals surface area (Å²) in [6.07, 6.45) is 2.37. The summed E-state index contributed by atoms with van der Waals surface area (Å²) >= 11 is 0. The number of nitrogens with zero attached hydrogens (tertiary/aromatic N) is 2. The van der Waals surface area contributed by atoms with Crippen LogP contribution in [-0.2, 0) is 4.74 Å². The van der Waals surface area contributed by atoms with E-state index in [2.05, 4.69) is 20.5 Å². The maximum absolute atomic E-state index is 11.6. The highest BCUT2D eigenvalue weighted by atomic mass is 16.5. The molecule has 8 heteroatoms. The number of aldehydes is 1. The van der Waals surface area contributed by atoms with Gasteiger partial charge in [0.2, 0.25) is 5.88 Å². The fourth-order valence-corrected chi connectivity index (χ4v) is 2.36. The van der Waals surface area contributed by atoms with Gasteiger partial charge in [-0.25, -0.2) is 4.98 Å². The average molecular weight is 353 g/mol. The van der Waals surface area contributed by atoms with Crippen LogP contribution in [-0.4, -0.2) is 41.8 Å². The summed E-state index contributed by atoms with van der Waals surface area (Å²) < 4.78 is 10.4. The third-order valence-electron chi connectivity index (χ3n) is 3.66. The van der Waals surface area contributed by atoms with Crippen LogP contribution in [0.3, 0.4) is 0 Å². The topological polar surface area (TPSA) is 115 Å². The number of rotatable bonds is 8. The van der Waals surface area contributed by atoms with Crippen molar-refractivity contribution >= 4 is 23.5 Å². The predicted octanol–water partition coefficient (Wildman–Crippen LogP) is 2.64. The Labute approximate surface area is 150 Å². The van der Waals surface area contributed by atoms with Crippen molar-refractivity contribution in [1.29, 1.82) is 0 Å². The van der Waals surface area contributed by atoms with Crippen molar-refractivity contribution < 1.29 is 14.3 Å². The van der Waals surface area contributed by atoms with Gasteiger partial charge in [-0.2, -0.15) is 5.10 Å². The van der Waals surface area contributed by atoms with Crippen LogP contribution in [0.5, 0.6) is 5.88 Å². The predicted molar refractivity (Wildman–Crippen MR) is 98.7 cm³/mol. The van der Waals surface area contributed by atoms with Crippen LogP contribution >= 0.6 is 0 Å². The van der Waals surface area contributed by atoms with E-state index in [1.165, 1.54) is 0 Å². The molecule has 0 spiro atoms. The molecule has 0 aliphatic rings. The standard InChI is InChI=1S/C18H19N5O3/c1-25-8-9-26-16-10-14(6-7-20-16)21-18-15(11-24)17(22-23-18)12-2-4-13(19)5-3-12/h2-7,10-11H,8-9,19H2,1H3,(H2,20,21,22,23). The molecule has 0 unspecified atom stereocenters. The van der Waals surface area contributed by atoms with E-state index in [0.717, 1.165) is 11.8 Å². The number of benzene rings is 1. The van der Waals surface area contributed by atoms with Crippen LogP contribution in [0.1, 0.15) is 10.4 Å². The third-order valence-corrected chi connectivity index (χ3v) is 3.66. The summed E-state index contributed by atoms with van der Waals surface area (Å²) in [6, 6.07) is 10.7. The van der Waals surface area contributed by atoms with Gasteiger partial charge in [0.25, 0.3) is 0 Å². The highest BCUT2D eigenvalue weighted by Gasteiger charge is 2.14. The number of ether oxygens (including phenoxy) is 2. The Balaban J connectivity index is 1.81. The maximum atomic E-state index is 11.6.